The Morgan fingerprint density at radius 2 is 1.85 bits per heavy atom. The van der Waals surface area contributed by atoms with E-state index in [0.717, 1.165) is 50.8 Å². The monoisotopic (exact) mass is 494 g/mol. The van der Waals surface area contributed by atoms with E-state index in [1.165, 1.54) is 45.2 Å². The van der Waals surface area contributed by atoms with Crippen LogP contribution < -0.4 is 10.6 Å². The van der Waals surface area contributed by atoms with Gasteiger partial charge in [-0.1, -0.05) is 26.7 Å². The third-order valence-electron chi connectivity index (χ3n) is 6.66. The molecule has 1 unspecified atom stereocenters. The van der Waals surface area contributed by atoms with Crippen LogP contribution in [0.1, 0.15) is 72.1 Å². The number of hydrogen-bond acceptors (Lipinski definition) is 3. The van der Waals surface area contributed by atoms with Gasteiger partial charge in [0.2, 0.25) is 0 Å². The summed E-state index contributed by atoms with van der Waals surface area (Å²) in [4.78, 5) is 7.55. The lowest BCUT2D eigenvalue weighted by Gasteiger charge is -2.30. The number of rotatable bonds is 10. The first-order chi connectivity index (χ1) is 12.6. The van der Waals surface area contributed by atoms with Crippen LogP contribution >= 0.6 is 24.0 Å². The molecule has 27 heavy (non-hydrogen) atoms. The third-order valence-corrected chi connectivity index (χ3v) is 6.66. The van der Waals surface area contributed by atoms with Crippen LogP contribution in [-0.4, -0.2) is 61.3 Å². The number of likely N-dealkylation sites (tertiary alicyclic amines) is 1. The minimum Gasteiger partial charge on any atom is -0.396 e. The highest BCUT2D eigenvalue weighted by molar-refractivity contribution is 14.0. The molecule has 6 heteroatoms. The second-order valence-electron chi connectivity index (χ2n) is 8.42. The van der Waals surface area contributed by atoms with Gasteiger partial charge in [-0.05, 0) is 56.8 Å². The Bertz CT molecular complexity index is 422. The van der Waals surface area contributed by atoms with Crippen molar-refractivity contribution in [1.82, 2.24) is 15.5 Å². The van der Waals surface area contributed by atoms with Gasteiger partial charge in [-0.3, -0.25) is 4.99 Å². The van der Waals surface area contributed by atoms with Gasteiger partial charge in [-0.15, -0.1) is 24.0 Å². The number of nitrogens with zero attached hydrogens (tertiary/aromatic N) is 2. The molecule has 0 spiro atoms. The number of hydrogen-bond donors (Lipinski definition) is 3. The van der Waals surface area contributed by atoms with Gasteiger partial charge in [-0.2, -0.15) is 0 Å². The zero-order valence-corrected chi connectivity index (χ0v) is 20.1. The summed E-state index contributed by atoms with van der Waals surface area (Å²) in [7, 11) is 0. The predicted octanol–water partition coefficient (Wildman–Crippen LogP) is 3.61. The molecule has 5 nitrogen and oxygen atoms in total. The maximum Gasteiger partial charge on any atom is 0.191 e. The lowest BCUT2D eigenvalue weighted by atomic mass is 9.79. The lowest BCUT2D eigenvalue weighted by molar-refractivity contribution is 0.175. The summed E-state index contributed by atoms with van der Waals surface area (Å²) in [6, 6.07) is 0.504. The molecular formula is C21H43IN4O. The first-order valence-electron chi connectivity index (χ1n) is 11.0. The molecule has 1 saturated heterocycles. The molecule has 1 aliphatic carbocycles. The van der Waals surface area contributed by atoms with Crippen molar-refractivity contribution in [3.8, 4) is 0 Å². The molecule has 2 aliphatic rings. The second kappa shape index (κ2) is 13.2. The fourth-order valence-electron chi connectivity index (χ4n) is 4.58. The summed E-state index contributed by atoms with van der Waals surface area (Å²) in [5, 5.41) is 16.5. The lowest BCUT2D eigenvalue weighted by Crippen LogP contribution is -2.45. The van der Waals surface area contributed by atoms with Gasteiger partial charge in [0.05, 0.1) is 0 Å². The molecule has 0 radical (unpaired) electrons. The van der Waals surface area contributed by atoms with E-state index in [4.69, 9.17) is 4.99 Å². The molecule has 3 N–H and O–H groups in total. The quantitative estimate of drug-likeness (QED) is 0.247. The number of aliphatic hydroxyl groups is 1. The SMILES string of the molecule is CCNC(=NCC(CC)(CC)CCO)NC1CCN(CC2CCCC2)C1.I. The Morgan fingerprint density at radius 1 is 1.15 bits per heavy atom. The molecule has 2 fully saturated rings. The van der Waals surface area contributed by atoms with E-state index in [1.54, 1.807) is 0 Å². The molecule has 0 aromatic carbocycles. The Hall–Kier alpha value is -0.0800. The number of halogens is 1. The van der Waals surface area contributed by atoms with E-state index < -0.39 is 0 Å². The highest BCUT2D eigenvalue weighted by Gasteiger charge is 2.28. The normalized spacial score (nSPS) is 22.1. The summed E-state index contributed by atoms with van der Waals surface area (Å²) in [6.07, 6.45) is 9.89. The van der Waals surface area contributed by atoms with Crippen LogP contribution in [0.3, 0.4) is 0 Å². The summed E-state index contributed by atoms with van der Waals surface area (Å²) in [6.45, 7) is 12.1. The van der Waals surface area contributed by atoms with Gasteiger partial charge >= 0.3 is 0 Å². The van der Waals surface area contributed by atoms with Gasteiger partial charge < -0.3 is 20.6 Å². The largest absolute Gasteiger partial charge is 0.396 e. The number of nitrogens with one attached hydrogen (secondary N) is 2. The summed E-state index contributed by atoms with van der Waals surface area (Å²) < 4.78 is 0. The van der Waals surface area contributed by atoms with Crippen molar-refractivity contribution in [2.24, 2.45) is 16.3 Å². The van der Waals surface area contributed by atoms with Crippen molar-refractivity contribution >= 4 is 29.9 Å². The van der Waals surface area contributed by atoms with E-state index in [2.05, 4.69) is 36.3 Å². The molecule has 1 atom stereocenters. The van der Waals surface area contributed by atoms with Crippen molar-refractivity contribution in [1.29, 1.82) is 0 Å². The third kappa shape index (κ3) is 8.05. The van der Waals surface area contributed by atoms with Gasteiger partial charge in [0.1, 0.15) is 0 Å². The van der Waals surface area contributed by atoms with Crippen LogP contribution in [0, 0.1) is 11.3 Å². The highest BCUT2D eigenvalue weighted by atomic mass is 127. The average molecular weight is 495 g/mol. The molecule has 0 amide bonds. The Balaban J connectivity index is 0.00000364. The van der Waals surface area contributed by atoms with Crippen LogP contribution in [0.4, 0.5) is 0 Å². The minimum atomic E-state index is 0. The van der Waals surface area contributed by atoms with Crippen LogP contribution in [-0.2, 0) is 0 Å². The van der Waals surface area contributed by atoms with Crippen LogP contribution in [0.25, 0.3) is 0 Å². The van der Waals surface area contributed by atoms with Crippen LogP contribution in [0.5, 0.6) is 0 Å². The number of aliphatic hydroxyl groups excluding tert-OH is 1. The van der Waals surface area contributed by atoms with Crippen LogP contribution in [0.2, 0.25) is 0 Å². The highest BCUT2D eigenvalue weighted by Crippen LogP contribution is 2.30. The maximum absolute atomic E-state index is 9.42. The van der Waals surface area contributed by atoms with Crippen molar-refractivity contribution in [3.05, 3.63) is 0 Å². The van der Waals surface area contributed by atoms with Crippen LogP contribution in [0.15, 0.2) is 4.99 Å². The van der Waals surface area contributed by atoms with Crippen molar-refractivity contribution < 1.29 is 5.11 Å². The van der Waals surface area contributed by atoms with Crippen molar-refractivity contribution in [2.75, 3.05) is 39.3 Å². The first kappa shape index (κ1) is 25.0. The van der Waals surface area contributed by atoms with E-state index >= 15 is 0 Å². The molecule has 1 heterocycles. The molecule has 1 aliphatic heterocycles. The molecular weight excluding hydrogens is 451 g/mol. The minimum absolute atomic E-state index is 0. The van der Waals surface area contributed by atoms with E-state index in [1.807, 2.05) is 0 Å². The Morgan fingerprint density at radius 3 is 2.44 bits per heavy atom. The van der Waals surface area contributed by atoms with Gasteiger partial charge in [0.15, 0.2) is 5.96 Å². The number of guanidine groups is 1. The standard InChI is InChI=1S/C21H42N4O.HI/c1-4-21(5-2,12-14-26)17-23-20(22-6-3)24-19-11-13-25(16-19)15-18-9-7-8-10-18;/h18-19,26H,4-17H2,1-3H3,(H2,22,23,24);1H. The van der Waals surface area contributed by atoms with Gasteiger partial charge in [0, 0.05) is 45.4 Å². The zero-order valence-electron chi connectivity index (χ0n) is 17.8. The molecule has 0 bridgehead atoms. The van der Waals surface area contributed by atoms with Crippen molar-refractivity contribution in [2.45, 2.75) is 78.2 Å². The topological polar surface area (TPSA) is 59.9 Å². The fourth-order valence-corrected chi connectivity index (χ4v) is 4.58. The van der Waals surface area contributed by atoms with E-state index in [9.17, 15) is 5.11 Å². The second-order valence-corrected chi connectivity index (χ2v) is 8.42. The molecule has 0 aromatic rings. The molecule has 0 aromatic heterocycles. The van der Waals surface area contributed by atoms with Crippen molar-refractivity contribution in [3.63, 3.8) is 0 Å². The fraction of sp³-hybridized carbons (Fsp3) is 0.952. The van der Waals surface area contributed by atoms with Gasteiger partial charge in [-0.25, -0.2) is 0 Å². The van der Waals surface area contributed by atoms with E-state index in [-0.39, 0.29) is 36.0 Å². The Kier molecular flexibility index (Phi) is 12.2. The number of aliphatic imine (C=N–C) groups is 1. The summed E-state index contributed by atoms with van der Waals surface area (Å²) >= 11 is 0. The molecule has 160 valence electrons. The smallest absolute Gasteiger partial charge is 0.191 e. The average Bonchev–Trinajstić information content (AvgIpc) is 3.31. The van der Waals surface area contributed by atoms with Gasteiger partial charge in [0.25, 0.3) is 0 Å². The zero-order chi connectivity index (χ0) is 18.8. The van der Waals surface area contributed by atoms with E-state index in [0.29, 0.717) is 6.04 Å². The molecule has 1 saturated carbocycles. The first-order valence-corrected chi connectivity index (χ1v) is 11.0. The summed E-state index contributed by atoms with van der Waals surface area (Å²) in [5.41, 5.74) is 0.126. The predicted molar refractivity (Wildman–Crippen MR) is 126 cm³/mol. The maximum atomic E-state index is 9.42. The Labute approximate surface area is 184 Å². The molecule has 2 rings (SSSR count). The summed E-state index contributed by atoms with van der Waals surface area (Å²) in [5.74, 6) is 1.88.